The molecule has 0 saturated carbocycles. The summed E-state index contributed by atoms with van der Waals surface area (Å²) in [5, 5.41) is 23.6. The molecule has 0 aliphatic rings. The summed E-state index contributed by atoms with van der Waals surface area (Å²) in [6.45, 7) is 0. The summed E-state index contributed by atoms with van der Waals surface area (Å²) in [7, 11) is 0. The van der Waals surface area contributed by atoms with Crippen molar-refractivity contribution in [2.45, 2.75) is 0 Å². The van der Waals surface area contributed by atoms with E-state index in [1.165, 1.54) is 32.3 Å². The van der Waals surface area contributed by atoms with Gasteiger partial charge in [-0.05, 0) is 57.2 Å². The summed E-state index contributed by atoms with van der Waals surface area (Å²) in [6.07, 6.45) is 8.89. The molecule has 9 nitrogen and oxygen atoms in total. The number of hydrogen-bond acceptors (Lipinski definition) is 4. The number of rotatable bonds is 5. The second kappa shape index (κ2) is 19.3. The van der Waals surface area contributed by atoms with Crippen molar-refractivity contribution in [3.05, 3.63) is 255 Å². The number of imidazole rings is 2. The summed E-state index contributed by atoms with van der Waals surface area (Å²) < 4.78 is 8.57. The number of pyridine rings is 1. The Morgan fingerprint density at radius 3 is 1.31 bits per heavy atom. The first kappa shape index (κ1) is 43.6. The van der Waals surface area contributed by atoms with Crippen LogP contribution in [0.1, 0.15) is 0 Å². The Balaban J connectivity index is 0.000000124. The summed E-state index contributed by atoms with van der Waals surface area (Å²) in [6, 6.07) is 84.1. The van der Waals surface area contributed by atoms with Gasteiger partial charge in [0.25, 0.3) is 12.7 Å². The second-order valence-electron chi connectivity index (χ2n) is 16.3. The molecule has 10 heteroatoms. The summed E-state index contributed by atoms with van der Waals surface area (Å²) >= 11 is 0. The van der Waals surface area contributed by atoms with E-state index >= 15 is 0 Å². The van der Waals surface area contributed by atoms with Gasteiger partial charge in [0.1, 0.15) is 0 Å². The van der Waals surface area contributed by atoms with Crippen LogP contribution in [-0.2, 0) is 20.1 Å². The zero-order valence-electron chi connectivity index (χ0n) is 37.3. The van der Waals surface area contributed by atoms with E-state index in [4.69, 9.17) is 0 Å². The Hall–Kier alpha value is -8.95. The van der Waals surface area contributed by atoms with Crippen molar-refractivity contribution in [1.82, 2.24) is 34.7 Å². The zero-order chi connectivity index (χ0) is 45.9. The van der Waals surface area contributed by atoms with Gasteiger partial charge in [0.05, 0.1) is 45.0 Å². The summed E-state index contributed by atoms with van der Waals surface area (Å²) in [5.74, 6) is 0.464. The molecular weight excluding hydrogens is 1040 g/mol. The zero-order valence-corrected chi connectivity index (χ0v) is 39.7. The molecule has 0 aliphatic carbocycles. The van der Waals surface area contributed by atoms with Gasteiger partial charge >= 0.3 is 0 Å². The number of fused-ring (bicyclic) bond motifs is 6. The van der Waals surface area contributed by atoms with Crippen molar-refractivity contribution in [3.8, 4) is 34.3 Å². The van der Waals surface area contributed by atoms with Crippen LogP contribution in [0.3, 0.4) is 0 Å². The van der Waals surface area contributed by atoms with Crippen molar-refractivity contribution in [3.63, 3.8) is 0 Å². The SMILES string of the molecule is [Ir].[c-]1ccc2ccccc2c1-n1[c-][n+](-c2cccc3ccccc23)c2ccccc21.[c-]1ccc2ccccc2c1-n1[c-][n+](-c2cccc3ccccc23)c2ccccc21.c1ccc(-c2nnn[n-]2)nc1. The van der Waals surface area contributed by atoms with Gasteiger partial charge < -0.3 is 14.2 Å². The number of tetrazole rings is 1. The van der Waals surface area contributed by atoms with Crippen molar-refractivity contribution >= 4 is 65.2 Å². The molecule has 0 unspecified atom stereocenters. The van der Waals surface area contributed by atoms with Crippen molar-refractivity contribution < 1.29 is 29.2 Å². The van der Waals surface area contributed by atoms with E-state index in [-0.39, 0.29) is 20.1 Å². The van der Waals surface area contributed by atoms with Crippen LogP contribution < -0.4 is 14.2 Å². The third-order valence-corrected chi connectivity index (χ3v) is 12.2. The maximum Gasteiger partial charge on any atom is 0.268 e. The maximum absolute atomic E-state index is 4.02. The average Bonchev–Trinajstić information content (AvgIpc) is 4.20. The van der Waals surface area contributed by atoms with Crippen LogP contribution in [0.5, 0.6) is 0 Å². The number of benzene rings is 10. The topological polar surface area (TPSA) is 83.3 Å². The first-order chi connectivity index (χ1) is 34.3. The number of nitrogens with zero attached hydrogens (tertiary/aromatic N) is 9. The molecule has 0 bridgehead atoms. The van der Waals surface area contributed by atoms with Gasteiger partial charge in [-0.15, -0.1) is 33.7 Å². The molecule has 14 aromatic rings. The maximum atomic E-state index is 4.02. The largest absolute Gasteiger partial charge is 0.329 e. The van der Waals surface area contributed by atoms with Gasteiger partial charge in [0.2, 0.25) is 0 Å². The Morgan fingerprint density at radius 2 is 0.843 bits per heavy atom. The Labute approximate surface area is 416 Å². The first-order valence-corrected chi connectivity index (χ1v) is 22.5. The predicted molar refractivity (Wildman–Crippen MR) is 271 cm³/mol. The van der Waals surface area contributed by atoms with Crippen molar-refractivity contribution in [2.75, 3.05) is 0 Å². The average molecular weight is 1080 g/mol. The van der Waals surface area contributed by atoms with Crippen LogP contribution in [0.15, 0.2) is 231 Å². The molecule has 0 atom stereocenters. The quantitative estimate of drug-likeness (QED) is 0.127. The minimum atomic E-state index is 0. The van der Waals surface area contributed by atoms with Gasteiger partial charge in [-0.25, -0.2) is 0 Å². The molecular formula is C60H38IrN9-3. The van der Waals surface area contributed by atoms with Crippen LogP contribution in [0.4, 0.5) is 0 Å². The van der Waals surface area contributed by atoms with Gasteiger partial charge in [0, 0.05) is 26.3 Å². The fourth-order valence-corrected chi connectivity index (χ4v) is 9.02. The summed E-state index contributed by atoms with van der Waals surface area (Å²) in [5.41, 5.74) is 9.40. The number of aromatic nitrogens is 9. The second-order valence-corrected chi connectivity index (χ2v) is 16.3. The third-order valence-electron chi connectivity index (χ3n) is 12.2. The fraction of sp³-hybridized carbons (Fsp3) is 0. The number of para-hydroxylation sites is 4. The normalized spacial score (nSPS) is 11.0. The van der Waals surface area contributed by atoms with Gasteiger partial charge in [-0.1, -0.05) is 164 Å². The molecule has 335 valence electrons. The van der Waals surface area contributed by atoms with Gasteiger partial charge in [-0.2, -0.15) is 41.6 Å². The van der Waals surface area contributed by atoms with Crippen LogP contribution in [0, 0.1) is 24.8 Å². The number of hydrogen-bond donors (Lipinski definition) is 0. The van der Waals surface area contributed by atoms with Crippen LogP contribution >= 0.6 is 0 Å². The molecule has 0 spiro atoms. The van der Waals surface area contributed by atoms with Crippen molar-refractivity contribution in [1.29, 1.82) is 0 Å². The Bertz CT molecular complexity index is 3630. The molecule has 4 heterocycles. The van der Waals surface area contributed by atoms with E-state index in [9.17, 15) is 0 Å². The molecule has 1 radical (unpaired) electrons. The molecule has 0 saturated heterocycles. The standard InChI is InChI=1S/2C27H17N2.C6H4N5.Ir/c2*1-3-13-22-20(9-1)11-7-17-24(22)28-19-29(27-16-6-5-15-26(27)28)25-18-8-12-21-10-2-4-14-23(21)25;1-2-4-7-5(3-1)6-8-10-11-9-6;/h2*1-17H;1-4H;/q3*-1;. The van der Waals surface area contributed by atoms with Crippen LogP contribution in [0.25, 0.3) is 99.4 Å². The van der Waals surface area contributed by atoms with E-state index in [1.807, 2.05) is 24.3 Å². The van der Waals surface area contributed by atoms with E-state index in [1.54, 1.807) is 12.3 Å². The molecule has 14 rings (SSSR count). The molecule has 0 N–H and O–H groups in total. The molecule has 0 aliphatic heterocycles. The summed E-state index contributed by atoms with van der Waals surface area (Å²) in [4.78, 5) is 4.02. The molecule has 4 aromatic heterocycles. The van der Waals surface area contributed by atoms with E-state index < -0.39 is 0 Å². The minimum Gasteiger partial charge on any atom is -0.329 e. The molecule has 0 fully saturated rings. The Kier molecular flexibility index (Phi) is 12.0. The minimum absolute atomic E-state index is 0. The smallest absolute Gasteiger partial charge is 0.268 e. The van der Waals surface area contributed by atoms with Crippen molar-refractivity contribution in [2.24, 2.45) is 0 Å². The van der Waals surface area contributed by atoms with E-state index in [2.05, 4.69) is 263 Å². The molecule has 70 heavy (non-hydrogen) atoms. The van der Waals surface area contributed by atoms with E-state index in [0.29, 0.717) is 11.5 Å². The van der Waals surface area contributed by atoms with Gasteiger partial charge in [0.15, 0.2) is 0 Å². The Morgan fingerprint density at radius 1 is 0.414 bits per heavy atom. The molecule has 10 aromatic carbocycles. The fourth-order valence-electron chi connectivity index (χ4n) is 9.02. The first-order valence-electron chi connectivity index (χ1n) is 22.5. The van der Waals surface area contributed by atoms with Crippen LogP contribution in [-0.4, -0.2) is 29.6 Å². The molecule has 0 amide bonds. The van der Waals surface area contributed by atoms with Crippen LogP contribution in [0.2, 0.25) is 0 Å². The monoisotopic (exact) mass is 1080 g/mol. The predicted octanol–water partition coefficient (Wildman–Crippen LogP) is 11.5. The third kappa shape index (κ3) is 8.17. The van der Waals surface area contributed by atoms with Gasteiger partial charge in [-0.3, -0.25) is 24.4 Å². The van der Waals surface area contributed by atoms with E-state index in [0.717, 1.165) is 55.6 Å².